The first-order valence-corrected chi connectivity index (χ1v) is 8.53. The van der Waals surface area contributed by atoms with Gasteiger partial charge in [-0.2, -0.15) is 0 Å². The fourth-order valence-corrected chi connectivity index (χ4v) is 3.18. The number of rotatable bonds is 6. The average Bonchev–Trinajstić information content (AvgIpc) is 2.48. The standard InChI is InChI=1S/C16H20N2O2S/c1-3-4-6-14-8-9-16(13(2)11-14)18-21(19,20)15-7-5-10-17-12-15/h5,7-12,18H,3-4,6H2,1-2H3. The third-order valence-corrected chi connectivity index (χ3v) is 4.65. The maximum atomic E-state index is 12.3. The fraction of sp³-hybridized carbons (Fsp3) is 0.312. The summed E-state index contributed by atoms with van der Waals surface area (Å²) in [7, 11) is -3.58. The number of hydrogen-bond donors (Lipinski definition) is 1. The molecule has 1 N–H and O–H groups in total. The van der Waals surface area contributed by atoms with Crippen LogP contribution in [0.2, 0.25) is 0 Å². The summed E-state index contributed by atoms with van der Waals surface area (Å²) in [4.78, 5) is 4.01. The van der Waals surface area contributed by atoms with Crippen molar-refractivity contribution in [2.24, 2.45) is 0 Å². The largest absolute Gasteiger partial charge is 0.279 e. The van der Waals surface area contributed by atoms with Crippen LogP contribution in [0.4, 0.5) is 5.69 Å². The molecule has 0 aliphatic rings. The number of pyridine rings is 1. The first-order chi connectivity index (χ1) is 10.0. The van der Waals surface area contributed by atoms with Gasteiger partial charge >= 0.3 is 0 Å². The molecule has 2 rings (SSSR count). The lowest BCUT2D eigenvalue weighted by Crippen LogP contribution is -2.14. The summed E-state index contributed by atoms with van der Waals surface area (Å²) in [6.45, 7) is 4.07. The number of anilines is 1. The van der Waals surface area contributed by atoms with E-state index in [2.05, 4.69) is 16.6 Å². The summed E-state index contributed by atoms with van der Waals surface area (Å²) in [5, 5.41) is 0. The lowest BCUT2D eigenvalue weighted by Gasteiger charge is -2.11. The Kier molecular flexibility index (Phi) is 4.96. The molecule has 0 amide bonds. The molecule has 1 heterocycles. The van der Waals surface area contributed by atoms with Crippen LogP contribution >= 0.6 is 0 Å². The van der Waals surface area contributed by atoms with E-state index in [-0.39, 0.29) is 4.90 Å². The maximum absolute atomic E-state index is 12.3. The summed E-state index contributed by atoms with van der Waals surface area (Å²) >= 11 is 0. The van der Waals surface area contributed by atoms with E-state index in [1.807, 2.05) is 25.1 Å². The molecule has 0 aliphatic heterocycles. The average molecular weight is 304 g/mol. The van der Waals surface area contributed by atoms with Crippen LogP contribution in [0, 0.1) is 6.92 Å². The van der Waals surface area contributed by atoms with E-state index in [4.69, 9.17) is 0 Å². The Morgan fingerprint density at radius 3 is 2.67 bits per heavy atom. The van der Waals surface area contributed by atoms with Crippen molar-refractivity contribution in [3.63, 3.8) is 0 Å². The van der Waals surface area contributed by atoms with E-state index in [1.165, 1.54) is 17.8 Å². The highest BCUT2D eigenvalue weighted by Crippen LogP contribution is 2.21. The van der Waals surface area contributed by atoms with Crippen LogP contribution in [0.15, 0.2) is 47.6 Å². The molecule has 0 radical (unpaired) electrons. The van der Waals surface area contributed by atoms with Crippen LogP contribution in [0.25, 0.3) is 0 Å². The highest BCUT2D eigenvalue weighted by Gasteiger charge is 2.15. The van der Waals surface area contributed by atoms with Gasteiger partial charge in [0.1, 0.15) is 4.90 Å². The number of unbranched alkanes of at least 4 members (excludes halogenated alkanes) is 1. The van der Waals surface area contributed by atoms with Gasteiger partial charge in [-0.1, -0.05) is 25.5 Å². The quantitative estimate of drug-likeness (QED) is 0.888. The number of nitrogens with one attached hydrogen (secondary N) is 1. The summed E-state index contributed by atoms with van der Waals surface area (Å²) < 4.78 is 27.1. The second-order valence-electron chi connectivity index (χ2n) is 5.05. The molecule has 5 heteroatoms. The molecule has 0 fully saturated rings. The lowest BCUT2D eigenvalue weighted by molar-refractivity contribution is 0.601. The SMILES string of the molecule is CCCCc1ccc(NS(=O)(=O)c2cccnc2)c(C)c1. The molecule has 0 aliphatic carbocycles. The molecule has 21 heavy (non-hydrogen) atoms. The summed E-state index contributed by atoms with van der Waals surface area (Å²) in [6, 6.07) is 8.98. The highest BCUT2D eigenvalue weighted by molar-refractivity contribution is 7.92. The van der Waals surface area contributed by atoms with Crippen molar-refractivity contribution >= 4 is 15.7 Å². The minimum Gasteiger partial charge on any atom is -0.279 e. The number of benzene rings is 1. The van der Waals surface area contributed by atoms with E-state index in [0.29, 0.717) is 5.69 Å². The van der Waals surface area contributed by atoms with Crippen LogP contribution in [0.5, 0.6) is 0 Å². The maximum Gasteiger partial charge on any atom is 0.263 e. The van der Waals surface area contributed by atoms with Gasteiger partial charge in [0.25, 0.3) is 10.0 Å². The number of nitrogens with zero attached hydrogens (tertiary/aromatic N) is 1. The van der Waals surface area contributed by atoms with Crippen LogP contribution in [0.3, 0.4) is 0 Å². The molecule has 2 aromatic rings. The predicted octanol–water partition coefficient (Wildman–Crippen LogP) is 3.53. The minimum absolute atomic E-state index is 0.166. The third-order valence-electron chi connectivity index (χ3n) is 3.30. The monoisotopic (exact) mass is 304 g/mol. The molecular weight excluding hydrogens is 284 g/mol. The molecule has 1 aromatic carbocycles. The molecule has 112 valence electrons. The van der Waals surface area contributed by atoms with E-state index < -0.39 is 10.0 Å². The molecule has 0 saturated heterocycles. The van der Waals surface area contributed by atoms with Gasteiger partial charge in [-0.05, 0) is 49.1 Å². The Balaban J connectivity index is 2.20. The Morgan fingerprint density at radius 2 is 2.05 bits per heavy atom. The van der Waals surface area contributed by atoms with Crippen LogP contribution in [-0.2, 0) is 16.4 Å². The zero-order valence-corrected chi connectivity index (χ0v) is 13.2. The van der Waals surface area contributed by atoms with Crippen LogP contribution < -0.4 is 4.72 Å². The summed E-state index contributed by atoms with van der Waals surface area (Å²) in [5.41, 5.74) is 2.77. The Bertz CT molecular complexity index is 697. The van der Waals surface area contributed by atoms with Crippen molar-refractivity contribution < 1.29 is 8.42 Å². The van der Waals surface area contributed by atoms with Gasteiger partial charge in [-0.15, -0.1) is 0 Å². The van der Waals surface area contributed by atoms with Gasteiger partial charge < -0.3 is 0 Å². The normalized spacial score (nSPS) is 11.3. The van der Waals surface area contributed by atoms with Crippen molar-refractivity contribution in [3.05, 3.63) is 53.9 Å². The van der Waals surface area contributed by atoms with E-state index in [9.17, 15) is 8.42 Å². The molecule has 1 aromatic heterocycles. The Labute approximate surface area is 126 Å². The second kappa shape index (κ2) is 6.72. The van der Waals surface area contributed by atoms with Gasteiger partial charge in [-0.3, -0.25) is 9.71 Å². The van der Waals surface area contributed by atoms with Gasteiger partial charge in [0, 0.05) is 12.4 Å². The molecule has 0 bridgehead atoms. The van der Waals surface area contributed by atoms with E-state index >= 15 is 0 Å². The van der Waals surface area contributed by atoms with Crippen molar-refractivity contribution in [1.82, 2.24) is 4.98 Å². The molecule has 4 nitrogen and oxygen atoms in total. The van der Waals surface area contributed by atoms with Crippen molar-refractivity contribution in [3.8, 4) is 0 Å². The molecule has 0 saturated carbocycles. The topological polar surface area (TPSA) is 59.1 Å². The lowest BCUT2D eigenvalue weighted by atomic mass is 10.1. The number of sulfonamides is 1. The van der Waals surface area contributed by atoms with Gasteiger partial charge in [0.15, 0.2) is 0 Å². The smallest absolute Gasteiger partial charge is 0.263 e. The Morgan fingerprint density at radius 1 is 1.24 bits per heavy atom. The Hall–Kier alpha value is -1.88. The zero-order chi connectivity index (χ0) is 15.3. The molecule has 0 spiro atoms. The highest BCUT2D eigenvalue weighted by atomic mass is 32.2. The summed E-state index contributed by atoms with van der Waals surface area (Å²) in [6.07, 6.45) is 6.20. The first-order valence-electron chi connectivity index (χ1n) is 7.05. The molecule has 0 unspecified atom stereocenters. The number of hydrogen-bond acceptors (Lipinski definition) is 3. The number of aryl methyl sites for hydroxylation is 2. The number of aromatic nitrogens is 1. The van der Waals surface area contributed by atoms with E-state index in [0.717, 1.165) is 24.8 Å². The zero-order valence-electron chi connectivity index (χ0n) is 12.3. The van der Waals surface area contributed by atoms with E-state index in [1.54, 1.807) is 12.3 Å². The van der Waals surface area contributed by atoms with Crippen molar-refractivity contribution in [1.29, 1.82) is 0 Å². The van der Waals surface area contributed by atoms with Gasteiger partial charge in [0.05, 0.1) is 5.69 Å². The van der Waals surface area contributed by atoms with Crippen molar-refractivity contribution in [2.75, 3.05) is 4.72 Å². The van der Waals surface area contributed by atoms with Crippen LogP contribution in [0.1, 0.15) is 30.9 Å². The van der Waals surface area contributed by atoms with Crippen LogP contribution in [-0.4, -0.2) is 13.4 Å². The summed E-state index contributed by atoms with van der Waals surface area (Å²) in [5.74, 6) is 0. The molecule has 0 atom stereocenters. The third kappa shape index (κ3) is 4.04. The first kappa shape index (κ1) is 15.5. The van der Waals surface area contributed by atoms with Crippen molar-refractivity contribution in [2.45, 2.75) is 38.0 Å². The van der Waals surface area contributed by atoms with Gasteiger partial charge in [0.2, 0.25) is 0 Å². The second-order valence-corrected chi connectivity index (χ2v) is 6.73. The fourth-order valence-electron chi connectivity index (χ4n) is 2.09. The molecular formula is C16H20N2O2S. The predicted molar refractivity (Wildman–Crippen MR) is 84.8 cm³/mol. The van der Waals surface area contributed by atoms with Gasteiger partial charge in [-0.25, -0.2) is 8.42 Å². The minimum atomic E-state index is -3.58.